The summed E-state index contributed by atoms with van der Waals surface area (Å²) in [4.78, 5) is 12.9. The molecular formula is C20H20F5N3O3S. The van der Waals surface area contributed by atoms with E-state index in [0.717, 1.165) is 12.5 Å². The first-order valence-electron chi connectivity index (χ1n) is 9.54. The van der Waals surface area contributed by atoms with E-state index in [0.29, 0.717) is 4.68 Å². The Kier molecular flexibility index (Phi) is 6.72. The molecule has 3 rings (SSSR count). The normalized spacial score (nSPS) is 22.2. The molecule has 0 bridgehead atoms. The van der Waals surface area contributed by atoms with E-state index in [-0.39, 0.29) is 34.7 Å². The molecule has 1 N–H and O–H groups in total. The summed E-state index contributed by atoms with van der Waals surface area (Å²) in [6.07, 6.45) is -4.61. The molecule has 12 heteroatoms. The smallest absolute Gasteiger partial charge is 0.305 e. The number of hydrogen-bond acceptors (Lipinski definition) is 4. The lowest BCUT2D eigenvalue weighted by Crippen LogP contribution is -2.19. The quantitative estimate of drug-likeness (QED) is 0.505. The number of anilines is 1. The Morgan fingerprint density at radius 2 is 1.75 bits per heavy atom. The van der Waals surface area contributed by atoms with E-state index >= 15 is 0 Å². The van der Waals surface area contributed by atoms with Crippen LogP contribution in [0, 0.1) is 5.92 Å². The standard InChI is InChI=1S/C20H20F5N3O3S/c1-32(30,31)14-4-2-13(3-5-14)15(8-12-9-16(21)17(22)10-12)19(29)26-18-6-7-28(27-18)11-20(23,24)25/h2-8,12,16-17H,9-11H2,1H3,(H,26,27,29)/b15-8+/t12?,16-,17+. The third-order valence-corrected chi connectivity index (χ3v) is 6.04. The molecule has 1 aromatic carbocycles. The predicted octanol–water partition coefficient (Wildman–Crippen LogP) is 3.96. The number of halogens is 5. The number of nitrogens with zero attached hydrogens (tertiary/aromatic N) is 2. The molecule has 0 spiro atoms. The van der Waals surface area contributed by atoms with Crippen molar-refractivity contribution in [1.29, 1.82) is 0 Å². The number of sulfone groups is 1. The Labute approximate surface area is 181 Å². The van der Waals surface area contributed by atoms with Crippen LogP contribution in [0.4, 0.5) is 27.8 Å². The minimum atomic E-state index is -4.49. The van der Waals surface area contributed by atoms with E-state index in [4.69, 9.17) is 0 Å². The molecule has 0 radical (unpaired) electrons. The maximum Gasteiger partial charge on any atom is 0.408 e. The molecule has 1 amide bonds. The van der Waals surface area contributed by atoms with Gasteiger partial charge in [0.1, 0.15) is 18.9 Å². The first-order valence-corrected chi connectivity index (χ1v) is 11.4. The summed E-state index contributed by atoms with van der Waals surface area (Å²) in [7, 11) is -3.49. The fraction of sp³-hybridized carbons (Fsp3) is 0.400. The second kappa shape index (κ2) is 9.00. The molecule has 32 heavy (non-hydrogen) atoms. The molecule has 6 nitrogen and oxygen atoms in total. The summed E-state index contributed by atoms with van der Waals surface area (Å²) in [6.45, 7) is -1.34. The second-order valence-electron chi connectivity index (χ2n) is 7.61. The van der Waals surface area contributed by atoms with Crippen LogP contribution in [0.3, 0.4) is 0 Å². The first-order chi connectivity index (χ1) is 14.8. The molecule has 1 heterocycles. The number of allylic oxidation sites excluding steroid dienone is 1. The predicted molar refractivity (Wildman–Crippen MR) is 107 cm³/mol. The van der Waals surface area contributed by atoms with E-state index in [1.807, 2.05) is 0 Å². The van der Waals surface area contributed by atoms with Gasteiger partial charge in [-0.05, 0) is 36.5 Å². The lowest BCUT2D eigenvalue weighted by Gasteiger charge is -2.12. The van der Waals surface area contributed by atoms with Gasteiger partial charge in [-0.25, -0.2) is 17.2 Å². The van der Waals surface area contributed by atoms with Crippen LogP contribution >= 0.6 is 0 Å². The van der Waals surface area contributed by atoms with Crippen molar-refractivity contribution in [3.05, 3.63) is 48.2 Å². The van der Waals surface area contributed by atoms with Crippen LogP contribution in [-0.4, -0.2) is 48.9 Å². The van der Waals surface area contributed by atoms with E-state index in [1.54, 1.807) is 0 Å². The van der Waals surface area contributed by atoms with Crippen LogP contribution in [0.25, 0.3) is 5.57 Å². The van der Waals surface area contributed by atoms with Crippen molar-refractivity contribution in [1.82, 2.24) is 9.78 Å². The molecule has 1 aliphatic carbocycles. The Morgan fingerprint density at radius 1 is 1.16 bits per heavy atom. The molecule has 1 aliphatic rings. The summed E-state index contributed by atoms with van der Waals surface area (Å²) < 4.78 is 88.7. The molecule has 1 saturated carbocycles. The van der Waals surface area contributed by atoms with E-state index in [2.05, 4.69) is 10.4 Å². The minimum Gasteiger partial charge on any atom is -0.305 e. The number of carbonyl (C=O) groups is 1. The van der Waals surface area contributed by atoms with Crippen LogP contribution < -0.4 is 5.32 Å². The van der Waals surface area contributed by atoms with Crippen molar-refractivity contribution < 1.29 is 35.2 Å². The maximum absolute atomic E-state index is 13.6. The van der Waals surface area contributed by atoms with Crippen LogP contribution in [0.1, 0.15) is 18.4 Å². The number of hydrogen-bond donors (Lipinski definition) is 1. The zero-order valence-corrected chi connectivity index (χ0v) is 17.6. The zero-order chi connectivity index (χ0) is 23.7. The topological polar surface area (TPSA) is 81.1 Å². The Bertz CT molecular complexity index is 1100. The molecule has 3 atom stereocenters. The minimum absolute atomic E-state index is 0.00159. The van der Waals surface area contributed by atoms with Crippen molar-refractivity contribution in [2.45, 2.75) is 42.8 Å². The van der Waals surface area contributed by atoms with Gasteiger partial charge in [0.25, 0.3) is 5.91 Å². The second-order valence-corrected chi connectivity index (χ2v) is 9.62. The molecule has 2 aromatic rings. The highest BCUT2D eigenvalue weighted by molar-refractivity contribution is 7.90. The number of nitrogens with one attached hydrogen (secondary N) is 1. The maximum atomic E-state index is 13.6. The summed E-state index contributed by atoms with van der Waals surface area (Å²) in [5, 5.41) is 6.03. The van der Waals surface area contributed by atoms with Crippen LogP contribution in [-0.2, 0) is 21.2 Å². The zero-order valence-electron chi connectivity index (χ0n) is 16.8. The van der Waals surface area contributed by atoms with Gasteiger partial charge >= 0.3 is 6.18 Å². The van der Waals surface area contributed by atoms with Gasteiger partial charge in [0.15, 0.2) is 15.7 Å². The number of aromatic nitrogens is 2. The number of carbonyl (C=O) groups excluding carboxylic acids is 1. The molecule has 0 saturated heterocycles. The summed E-state index contributed by atoms with van der Waals surface area (Å²) in [5.41, 5.74) is 0.282. The molecule has 0 aliphatic heterocycles. The van der Waals surface area contributed by atoms with Crippen LogP contribution in [0.5, 0.6) is 0 Å². The number of benzene rings is 1. The highest BCUT2D eigenvalue weighted by atomic mass is 32.2. The summed E-state index contributed by atoms with van der Waals surface area (Å²) >= 11 is 0. The number of amides is 1. The first kappa shape index (κ1) is 23.9. The highest BCUT2D eigenvalue weighted by Gasteiger charge is 2.34. The average Bonchev–Trinajstić information content (AvgIpc) is 3.23. The van der Waals surface area contributed by atoms with Gasteiger partial charge in [-0.1, -0.05) is 18.2 Å². The fourth-order valence-corrected chi connectivity index (χ4v) is 4.04. The SMILES string of the molecule is CS(=O)(=O)c1ccc(/C(=C\C2C[C@@H](F)[C@@H](F)C2)C(=O)Nc2ccn(CC(F)(F)F)n2)cc1. The average molecular weight is 477 g/mol. The fourth-order valence-electron chi connectivity index (χ4n) is 3.41. The third-order valence-electron chi connectivity index (χ3n) is 4.91. The van der Waals surface area contributed by atoms with Gasteiger partial charge in [-0.2, -0.15) is 18.3 Å². The van der Waals surface area contributed by atoms with Crippen LogP contribution in [0.15, 0.2) is 47.5 Å². The van der Waals surface area contributed by atoms with Gasteiger partial charge < -0.3 is 5.32 Å². The van der Waals surface area contributed by atoms with Gasteiger partial charge in [-0.15, -0.1) is 0 Å². The van der Waals surface area contributed by atoms with Gasteiger partial charge in [0.05, 0.1) is 4.90 Å². The molecule has 1 unspecified atom stereocenters. The van der Waals surface area contributed by atoms with E-state index in [1.165, 1.54) is 36.4 Å². The summed E-state index contributed by atoms with van der Waals surface area (Å²) in [5.74, 6) is -1.48. The lowest BCUT2D eigenvalue weighted by atomic mass is 9.98. The highest BCUT2D eigenvalue weighted by Crippen LogP contribution is 2.34. The largest absolute Gasteiger partial charge is 0.408 e. The molecule has 174 valence electrons. The third kappa shape index (κ3) is 6.15. The summed E-state index contributed by atoms with van der Waals surface area (Å²) in [6, 6.07) is 6.50. The van der Waals surface area contributed by atoms with Crippen molar-refractivity contribution in [2.75, 3.05) is 11.6 Å². The van der Waals surface area contributed by atoms with Gasteiger partial charge in [0, 0.05) is 24.1 Å². The number of rotatable bonds is 6. The van der Waals surface area contributed by atoms with E-state index < -0.39 is 46.7 Å². The van der Waals surface area contributed by atoms with Crippen molar-refractivity contribution in [2.24, 2.45) is 5.92 Å². The monoisotopic (exact) mass is 477 g/mol. The van der Waals surface area contributed by atoms with Crippen molar-refractivity contribution in [3.63, 3.8) is 0 Å². The molecule has 1 fully saturated rings. The Hall–Kier alpha value is -2.76. The van der Waals surface area contributed by atoms with Crippen molar-refractivity contribution in [3.8, 4) is 0 Å². The number of alkyl halides is 5. The Balaban J connectivity index is 1.88. The molecular weight excluding hydrogens is 457 g/mol. The van der Waals surface area contributed by atoms with Crippen molar-refractivity contribution >= 4 is 27.1 Å². The van der Waals surface area contributed by atoms with Crippen LogP contribution in [0.2, 0.25) is 0 Å². The Morgan fingerprint density at radius 3 is 2.28 bits per heavy atom. The van der Waals surface area contributed by atoms with Gasteiger partial charge in [0.2, 0.25) is 0 Å². The lowest BCUT2D eigenvalue weighted by molar-refractivity contribution is -0.142. The molecule has 1 aromatic heterocycles. The van der Waals surface area contributed by atoms with Gasteiger partial charge in [-0.3, -0.25) is 9.48 Å². The van der Waals surface area contributed by atoms with E-state index in [9.17, 15) is 35.2 Å².